The van der Waals surface area contributed by atoms with Crippen molar-refractivity contribution >= 4 is 27.8 Å². The van der Waals surface area contributed by atoms with Gasteiger partial charge in [-0.25, -0.2) is 9.78 Å². The Morgan fingerprint density at radius 2 is 1.50 bits per heavy atom. The molecule has 0 bridgehead atoms. The van der Waals surface area contributed by atoms with Crippen LogP contribution in [0.15, 0.2) is 94.1 Å². The Morgan fingerprint density at radius 1 is 0.833 bits per heavy atom. The number of rotatable bonds is 3. The second kappa shape index (κ2) is 6.97. The molecule has 3 aromatic carbocycles. The number of aromatic carboxylic acids is 1. The summed E-state index contributed by atoms with van der Waals surface area (Å²) in [5.41, 5.74) is 2.23. The molecule has 0 spiro atoms. The molecule has 5 aromatic rings. The van der Waals surface area contributed by atoms with Crippen LogP contribution < -0.4 is 5.43 Å². The lowest BCUT2D eigenvalue weighted by Gasteiger charge is -2.15. The topological polar surface area (TPSA) is 80.4 Å². The molecule has 0 saturated carbocycles. The summed E-state index contributed by atoms with van der Waals surface area (Å²) >= 11 is 0. The van der Waals surface area contributed by atoms with Gasteiger partial charge in [0.15, 0.2) is 5.43 Å². The summed E-state index contributed by atoms with van der Waals surface area (Å²) in [6.45, 7) is 0. The van der Waals surface area contributed by atoms with E-state index in [1.165, 1.54) is 6.07 Å². The number of para-hydroxylation sites is 2. The van der Waals surface area contributed by atoms with E-state index in [0.29, 0.717) is 27.6 Å². The first-order chi connectivity index (χ1) is 14.6. The Kier molecular flexibility index (Phi) is 4.14. The molecule has 0 aliphatic heterocycles. The Hall–Kier alpha value is -4.25. The largest absolute Gasteiger partial charge is 0.478 e. The molecule has 30 heavy (non-hydrogen) atoms. The van der Waals surface area contributed by atoms with Gasteiger partial charge in [0.25, 0.3) is 0 Å². The first-order valence-electron chi connectivity index (χ1n) is 9.38. The average Bonchev–Trinajstić information content (AvgIpc) is 2.78. The lowest BCUT2D eigenvalue weighted by atomic mass is 9.94. The number of benzene rings is 3. The van der Waals surface area contributed by atoms with Gasteiger partial charge in [0.05, 0.1) is 27.7 Å². The Morgan fingerprint density at radius 3 is 2.27 bits per heavy atom. The molecule has 1 N–H and O–H groups in total. The number of nitrogens with zero attached hydrogens (tertiary/aromatic N) is 1. The van der Waals surface area contributed by atoms with Crippen LogP contribution in [0.1, 0.15) is 10.4 Å². The summed E-state index contributed by atoms with van der Waals surface area (Å²) in [5, 5.41) is 11.1. The van der Waals surface area contributed by atoms with Crippen molar-refractivity contribution in [1.29, 1.82) is 0 Å². The van der Waals surface area contributed by atoms with E-state index in [1.54, 1.807) is 42.5 Å². The molecule has 0 aliphatic carbocycles. The lowest BCUT2D eigenvalue weighted by Crippen LogP contribution is -2.07. The van der Waals surface area contributed by atoms with Gasteiger partial charge in [0.2, 0.25) is 0 Å². The third-order valence-corrected chi connectivity index (χ3v) is 5.03. The highest BCUT2D eigenvalue weighted by atomic mass is 16.4. The van der Waals surface area contributed by atoms with Crippen LogP contribution in [-0.4, -0.2) is 16.1 Å². The zero-order valence-electron chi connectivity index (χ0n) is 15.7. The highest BCUT2D eigenvalue weighted by Gasteiger charge is 2.24. The minimum Gasteiger partial charge on any atom is -0.478 e. The molecule has 144 valence electrons. The van der Waals surface area contributed by atoms with E-state index in [2.05, 4.69) is 0 Å². The van der Waals surface area contributed by atoms with Gasteiger partial charge >= 0.3 is 5.97 Å². The monoisotopic (exact) mass is 393 g/mol. The Balaban J connectivity index is 1.97. The zero-order chi connectivity index (χ0) is 20.7. The number of aromatic nitrogens is 1. The zero-order valence-corrected chi connectivity index (χ0v) is 15.7. The minimum absolute atomic E-state index is 0.0536. The van der Waals surface area contributed by atoms with Crippen molar-refractivity contribution in [2.75, 3.05) is 0 Å². The van der Waals surface area contributed by atoms with Crippen LogP contribution in [0.2, 0.25) is 0 Å². The highest BCUT2D eigenvalue weighted by Crippen LogP contribution is 2.38. The van der Waals surface area contributed by atoms with Gasteiger partial charge in [0.1, 0.15) is 11.3 Å². The second-order valence-electron chi connectivity index (χ2n) is 6.87. The molecule has 5 nitrogen and oxygen atoms in total. The van der Waals surface area contributed by atoms with Crippen LogP contribution in [0.3, 0.4) is 0 Å². The van der Waals surface area contributed by atoms with Crippen LogP contribution >= 0.6 is 0 Å². The van der Waals surface area contributed by atoms with Crippen molar-refractivity contribution < 1.29 is 14.3 Å². The van der Waals surface area contributed by atoms with E-state index in [0.717, 1.165) is 5.56 Å². The molecule has 2 aromatic heterocycles. The maximum absolute atomic E-state index is 12.7. The van der Waals surface area contributed by atoms with Gasteiger partial charge in [-0.1, -0.05) is 60.7 Å². The van der Waals surface area contributed by atoms with Crippen molar-refractivity contribution in [1.82, 2.24) is 4.98 Å². The van der Waals surface area contributed by atoms with Gasteiger partial charge < -0.3 is 9.52 Å². The fourth-order valence-electron chi connectivity index (χ4n) is 3.71. The lowest BCUT2D eigenvalue weighted by molar-refractivity contribution is 0.0699. The normalized spacial score (nSPS) is 11.1. The van der Waals surface area contributed by atoms with Gasteiger partial charge in [0, 0.05) is 17.0 Å². The van der Waals surface area contributed by atoms with Crippen molar-refractivity contribution in [3.63, 3.8) is 0 Å². The molecule has 2 heterocycles. The summed E-state index contributed by atoms with van der Waals surface area (Å²) in [6.07, 6.45) is 0. The maximum atomic E-state index is 12.7. The highest BCUT2D eigenvalue weighted by molar-refractivity contribution is 6.11. The third kappa shape index (κ3) is 2.84. The Labute approximate surface area is 170 Å². The average molecular weight is 393 g/mol. The van der Waals surface area contributed by atoms with Crippen LogP contribution in [-0.2, 0) is 0 Å². The number of pyridine rings is 1. The number of carbonyl (C=O) groups is 1. The summed E-state index contributed by atoms with van der Waals surface area (Å²) in [6, 6.07) is 24.6. The molecular formula is C25H15NO4. The second-order valence-corrected chi connectivity index (χ2v) is 6.87. The van der Waals surface area contributed by atoms with Crippen LogP contribution in [0.5, 0.6) is 0 Å². The predicted molar refractivity (Wildman–Crippen MR) is 116 cm³/mol. The molecule has 5 rings (SSSR count). The van der Waals surface area contributed by atoms with E-state index in [9.17, 15) is 14.7 Å². The molecule has 5 heteroatoms. The van der Waals surface area contributed by atoms with Crippen molar-refractivity contribution in [3.8, 4) is 22.6 Å². The van der Waals surface area contributed by atoms with E-state index in [4.69, 9.17) is 9.40 Å². The fraction of sp³-hybridized carbons (Fsp3) is 0. The molecule has 0 amide bonds. The molecule has 0 saturated heterocycles. The fourth-order valence-corrected chi connectivity index (χ4v) is 3.71. The summed E-state index contributed by atoms with van der Waals surface area (Å²) in [4.78, 5) is 29.9. The standard InChI is InChI=1S/C25H15NO4/c27-19-14-21(30-20-13-7-5-11-17(19)20)23-22(25(28)29)16-10-4-6-12-18(16)26-24(23)15-8-2-1-3-9-15/h1-14H,(H,28,29). The number of carboxylic acid groups (broad SMARTS) is 1. The number of hydrogen-bond acceptors (Lipinski definition) is 4. The number of hydrogen-bond donors (Lipinski definition) is 1. The molecule has 0 fully saturated rings. The third-order valence-electron chi connectivity index (χ3n) is 5.03. The van der Waals surface area contributed by atoms with E-state index < -0.39 is 5.97 Å². The van der Waals surface area contributed by atoms with Gasteiger partial charge in [-0.2, -0.15) is 0 Å². The summed E-state index contributed by atoms with van der Waals surface area (Å²) in [5.74, 6) is -0.940. The maximum Gasteiger partial charge on any atom is 0.337 e. The quantitative estimate of drug-likeness (QED) is 0.445. The minimum atomic E-state index is -1.11. The SMILES string of the molecule is O=C(O)c1c(-c2cc(=O)c3ccccc3o2)c(-c2ccccc2)nc2ccccc12. The molecule has 0 atom stereocenters. The van der Waals surface area contributed by atoms with E-state index >= 15 is 0 Å². The van der Waals surface area contributed by atoms with Crippen LogP contribution in [0.4, 0.5) is 0 Å². The first kappa shape index (κ1) is 17.8. The van der Waals surface area contributed by atoms with Crippen LogP contribution in [0.25, 0.3) is 44.5 Å². The van der Waals surface area contributed by atoms with Gasteiger partial charge in [-0.05, 0) is 18.2 Å². The van der Waals surface area contributed by atoms with Crippen LogP contribution in [0, 0.1) is 0 Å². The van der Waals surface area contributed by atoms with Crippen molar-refractivity contribution in [2.24, 2.45) is 0 Å². The molecule has 0 unspecified atom stereocenters. The molecule has 0 aliphatic rings. The van der Waals surface area contributed by atoms with E-state index in [-0.39, 0.29) is 22.3 Å². The summed E-state index contributed by atoms with van der Waals surface area (Å²) < 4.78 is 6.03. The molecular weight excluding hydrogens is 378 g/mol. The Bertz CT molecular complexity index is 1490. The first-order valence-corrected chi connectivity index (χ1v) is 9.38. The van der Waals surface area contributed by atoms with Crippen molar-refractivity contribution in [2.45, 2.75) is 0 Å². The molecule has 0 radical (unpaired) electrons. The van der Waals surface area contributed by atoms with E-state index in [1.807, 2.05) is 36.4 Å². The smallest absolute Gasteiger partial charge is 0.337 e. The van der Waals surface area contributed by atoms with Gasteiger partial charge in [-0.15, -0.1) is 0 Å². The van der Waals surface area contributed by atoms with Gasteiger partial charge in [-0.3, -0.25) is 4.79 Å². The van der Waals surface area contributed by atoms with Crippen molar-refractivity contribution in [3.05, 3.63) is 101 Å². The predicted octanol–water partition coefficient (Wildman–Crippen LogP) is 5.37. The number of fused-ring (bicyclic) bond motifs is 2. The number of carboxylic acids is 1. The summed E-state index contributed by atoms with van der Waals surface area (Å²) in [7, 11) is 0.